The number of fused-ring (bicyclic) bond motifs is 1. The molecule has 98 valence electrons. The Bertz CT molecular complexity index is 596. The predicted molar refractivity (Wildman–Crippen MR) is 64.6 cm³/mol. The zero-order valence-corrected chi connectivity index (χ0v) is 10.0. The van der Waals surface area contributed by atoms with Crippen molar-refractivity contribution in [2.24, 2.45) is 0 Å². The minimum absolute atomic E-state index is 0.00845. The van der Waals surface area contributed by atoms with E-state index in [0.29, 0.717) is 13.0 Å². The highest BCUT2D eigenvalue weighted by Crippen LogP contribution is 2.32. The maximum atomic E-state index is 12.2. The lowest BCUT2D eigenvalue weighted by atomic mass is 10.1. The molecule has 2 N–H and O–H groups in total. The SMILES string of the molecule is O=C1NCCCC1N1C(=O)c2cccc(O)c2C1=O. The van der Waals surface area contributed by atoms with Crippen molar-refractivity contribution in [2.45, 2.75) is 18.9 Å². The van der Waals surface area contributed by atoms with Gasteiger partial charge in [-0.15, -0.1) is 0 Å². The summed E-state index contributed by atoms with van der Waals surface area (Å²) in [6.07, 6.45) is 1.17. The van der Waals surface area contributed by atoms with Crippen LogP contribution in [0.25, 0.3) is 0 Å². The van der Waals surface area contributed by atoms with Crippen molar-refractivity contribution in [1.29, 1.82) is 0 Å². The Morgan fingerprint density at radius 2 is 2.00 bits per heavy atom. The van der Waals surface area contributed by atoms with Gasteiger partial charge in [-0.3, -0.25) is 19.3 Å². The average molecular weight is 260 g/mol. The molecule has 6 heteroatoms. The highest BCUT2D eigenvalue weighted by atomic mass is 16.3. The summed E-state index contributed by atoms with van der Waals surface area (Å²) >= 11 is 0. The number of phenolic OH excluding ortho intramolecular Hbond substituents is 1. The van der Waals surface area contributed by atoms with E-state index >= 15 is 0 Å². The summed E-state index contributed by atoms with van der Waals surface area (Å²) in [5.41, 5.74) is 0.147. The highest BCUT2D eigenvalue weighted by Gasteiger charge is 2.44. The number of benzene rings is 1. The molecule has 1 aromatic rings. The molecular weight excluding hydrogens is 248 g/mol. The van der Waals surface area contributed by atoms with Crippen LogP contribution in [0.15, 0.2) is 18.2 Å². The number of piperidine rings is 1. The maximum Gasteiger partial charge on any atom is 0.266 e. The molecule has 0 aromatic heterocycles. The van der Waals surface area contributed by atoms with Gasteiger partial charge in [0, 0.05) is 6.54 Å². The topological polar surface area (TPSA) is 86.7 Å². The fourth-order valence-corrected chi connectivity index (χ4v) is 2.57. The van der Waals surface area contributed by atoms with E-state index in [1.165, 1.54) is 18.2 Å². The van der Waals surface area contributed by atoms with Crippen LogP contribution in [0.1, 0.15) is 33.6 Å². The van der Waals surface area contributed by atoms with Crippen LogP contribution in [0.5, 0.6) is 5.75 Å². The van der Waals surface area contributed by atoms with Crippen LogP contribution in [0.2, 0.25) is 0 Å². The Morgan fingerprint density at radius 1 is 1.21 bits per heavy atom. The number of carbonyl (C=O) groups is 3. The van der Waals surface area contributed by atoms with E-state index in [0.717, 1.165) is 11.3 Å². The molecule has 0 bridgehead atoms. The van der Waals surface area contributed by atoms with Crippen LogP contribution in [0.4, 0.5) is 0 Å². The summed E-state index contributed by atoms with van der Waals surface area (Å²) in [6, 6.07) is 3.56. The summed E-state index contributed by atoms with van der Waals surface area (Å²) in [4.78, 5) is 37.2. The van der Waals surface area contributed by atoms with Crippen LogP contribution in [-0.2, 0) is 4.79 Å². The van der Waals surface area contributed by atoms with E-state index < -0.39 is 17.9 Å². The van der Waals surface area contributed by atoms with Gasteiger partial charge in [0.1, 0.15) is 11.8 Å². The van der Waals surface area contributed by atoms with Gasteiger partial charge in [0.2, 0.25) is 5.91 Å². The van der Waals surface area contributed by atoms with Gasteiger partial charge in [0.05, 0.1) is 11.1 Å². The summed E-state index contributed by atoms with van der Waals surface area (Å²) in [5.74, 6) is -1.66. The van der Waals surface area contributed by atoms with Crippen molar-refractivity contribution in [3.63, 3.8) is 0 Å². The summed E-state index contributed by atoms with van der Waals surface area (Å²) < 4.78 is 0. The fraction of sp³-hybridized carbons (Fsp3) is 0.308. The van der Waals surface area contributed by atoms with E-state index in [2.05, 4.69) is 5.32 Å². The van der Waals surface area contributed by atoms with Crippen LogP contribution >= 0.6 is 0 Å². The van der Waals surface area contributed by atoms with Gasteiger partial charge in [0.25, 0.3) is 11.8 Å². The van der Waals surface area contributed by atoms with Gasteiger partial charge in [-0.2, -0.15) is 0 Å². The largest absolute Gasteiger partial charge is 0.507 e. The number of nitrogens with zero attached hydrogens (tertiary/aromatic N) is 1. The number of rotatable bonds is 1. The molecule has 2 aliphatic rings. The third kappa shape index (κ3) is 1.60. The van der Waals surface area contributed by atoms with Crippen LogP contribution in [-0.4, -0.2) is 40.3 Å². The first kappa shape index (κ1) is 11.7. The monoisotopic (exact) mass is 260 g/mol. The number of hydrogen-bond acceptors (Lipinski definition) is 4. The highest BCUT2D eigenvalue weighted by molar-refractivity contribution is 6.24. The molecule has 6 nitrogen and oxygen atoms in total. The lowest BCUT2D eigenvalue weighted by Gasteiger charge is -2.28. The Balaban J connectivity index is 2.03. The molecule has 3 rings (SSSR count). The molecule has 1 fully saturated rings. The van der Waals surface area contributed by atoms with Crippen LogP contribution in [0, 0.1) is 0 Å². The Morgan fingerprint density at radius 3 is 2.68 bits per heavy atom. The molecular formula is C13H12N2O4. The Labute approximate surface area is 109 Å². The zero-order chi connectivity index (χ0) is 13.6. The predicted octanol–water partition coefficient (Wildman–Crippen LogP) is 0.267. The Hall–Kier alpha value is -2.37. The molecule has 1 atom stereocenters. The quantitative estimate of drug-likeness (QED) is 0.709. The normalized spacial score (nSPS) is 22.4. The third-order valence-electron chi connectivity index (χ3n) is 3.49. The number of imide groups is 1. The molecule has 1 aromatic carbocycles. The van der Waals surface area contributed by atoms with Crippen molar-refractivity contribution >= 4 is 17.7 Å². The van der Waals surface area contributed by atoms with Crippen molar-refractivity contribution in [3.05, 3.63) is 29.3 Å². The maximum absolute atomic E-state index is 12.2. The summed E-state index contributed by atoms with van der Waals surface area (Å²) in [7, 11) is 0. The van der Waals surface area contributed by atoms with E-state index in [1.54, 1.807) is 0 Å². The zero-order valence-electron chi connectivity index (χ0n) is 10.0. The van der Waals surface area contributed by atoms with E-state index in [1.807, 2.05) is 0 Å². The van der Waals surface area contributed by atoms with Crippen molar-refractivity contribution in [2.75, 3.05) is 6.54 Å². The molecule has 0 spiro atoms. The van der Waals surface area contributed by atoms with Gasteiger partial charge in [0.15, 0.2) is 0 Å². The minimum Gasteiger partial charge on any atom is -0.507 e. The molecule has 3 amide bonds. The van der Waals surface area contributed by atoms with Crippen LogP contribution in [0.3, 0.4) is 0 Å². The van der Waals surface area contributed by atoms with E-state index in [4.69, 9.17) is 0 Å². The smallest absolute Gasteiger partial charge is 0.266 e. The van der Waals surface area contributed by atoms with Gasteiger partial charge in [-0.05, 0) is 25.0 Å². The van der Waals surface area contributed by atoms with Gasteiger partial charge >= 0.3 is 0 Å². The standard InChI is InChI=1S/C13H12N2O4/c16-9-5-1-3-7-10(9)13(19)15(12(7)18)8-4-2-6-14-11(8)17/h1,3,5,8,16H,2,4,6H2,(H,14,17). The Kier molecular flexibility index (Phi) is 2.51. The van der Waals surface area contributed by atoms with Crippen molar-refractivity contribution in [3.8, 4) is 5.75 Å². The number of phenols is 1. The minimum atomic E-state index is -0.777. The first-order chi connectivity index (χ1) is 9.11. The number of amides is 3. The number of carbonyl (C=O) groups excluding carboxylic acids is 3. The molecule has 1 saturated heterocycles. The van der Waals surface area contributed by atoms with E-state index in [9.17, 15) is 19.5 Å². The number of hydrogen-bond donors (Lipinski definition) is 2. The molecule has 1 unspecified atom stereocenters. The second-order valence-electron chi connectivity index (χ2n) is 4.63. The van der Waals surface area contributed by atoms with E-state index in [-0.39, 0.29) is 22.8 Å². The molecule has 19 heavy (non-hydrogen) atoms. The molecule has 2 aliphatic heterocycles. The van der Waals surface area contributed by atoms with Crippen molar-refractivity contribution in [1.82, 2.24) is 10.2 Å². The van der Waals surface area contributed by atoms with Gasteiger partial charge in [-0.25, -0.2) is 0 Å². The lowest BCUT2D eigenvalue weighted by Crippen LogP contribution is -2.52. The molecule has 0 saturated carbocycles. The summed E-state index contributed by atoms with van der Waals surface area (Å²) in [5, 5.41) is 12.3. The molecule has 0 aliphatic carbocycles. The van der Waals surface area contributed by atoms with Crippen LogP contribution < -0.4 is 5.32 Å². The van der Waals surface area contributed by atoms with Gasteiger partial charge < -0.3 is 10.4 Å². The lowest BCUT2D eigenvalue weighted by molar-refractivity contribution is -0.126. The first-order valence-electron chi connectivity index (χ1n) is 6.09. The second kappa shape index (κ2) is 4.08. The first-order valence-corrected chi connectivity index (χ1v) is 6.09. The van der Waals surface area contributed by atoms with Crippen molar-refractivity contribution < 1.29 is 19.5 Å². The molecule has 2 heterocycles. The second-order valence-corrected chi connectivity index (χ2v) is 4.63. The fourth-order valence-electron chi connectivity index (χ4n) is 2.57. The summed E-state index contributed by atoms with van der Waals surface area (Å²) in [6.45, 7) is 0.559. The average Bonchev–Trinajstić information content (AvgIpc) is 2.64. The number of aromatic hydroxyl groups is 1. The third-order valence-corrected chi connectivity index (χ3v) is 3.49. The van der Waals surface area contributed by atoms with Gasteiger partial charge in [-0.1, -0.05) is 6.07 Å². The molecule has 0 radical (unpaired) electrons. The number of nitrogens with one attached hydrogen (secondary N) is 1.